The van der Waals surface area contributed by atoms with E-state index in [1.807, 2.05) is 0 Å². The van der Waals surface area contributed by atoms with Crippen molar-refractivity contribution in [1.82, 2.24) is 15.3 Å². The average Bonchev–Trinajstić information content (AvgIpc) is 2.41. The first-order chi connectivity index (χ1) is 9.22. The van der Waals surface area contributed by atoms with Gasteiger partial charge < -0.3 is 15.6 Å². The number of hydrogen-bond acceptors (Lipinski definition) is 4. The normalized spacial score (nSPS) is 13.9. The van der Waals surface area contributed by atoms with Gasteiger partial charge in [-0.2, -0.15) is 0 Å². The molecule has 0 fully saturated rings. The number of nitrogens with zero attached hydrogens (tertiary/aromatic N) is 1. The first kappa shape index (κ1) is 12.3. The van der Waals surface area contributed by atoms with Crippen molar-refractivity contribution in [1.29, 1.82) is 0 Å². The van der Waals surface area contributed by atoms with Crippen molar-refractivity contribution in [2.24, 2.45) is 0 Å². The summed E-state index contributed by atoms with van der Waals surface area (Å²) in [4.78, 5) is 7.59. The molecule has 0 atom stereocenters. The number of benzene rings is 1. The highest BCUT2D eigenvalue weighted by molar-refractivity contribution is 7.71. The second-order valence-electron chi connectivity index (χ2n) is 4.77. The topological polar surface area (TPSA) is 52.7 Å². The first-order valence-electron chi connectivity index (χ1n) is 6.39. The minimum Gasteiger partial charge on any atom is -0.340 e. The van der Waals surface area contributed by atoms with Crippen LogP contribution in [0.5, 0.6) is 0 Å². The van der Waals surface area contributed by atoms with Crippen LogP contribution in [0.2, 0.25) is 0 Å². The Balaban J connectivity index is 1.98. The van der Waals surface area contributed by atoms with Crippen molar-refractivity contribution in [2.45, 2.75) is 19.9 Å². The van der Waals surface area contributed by atoms with Gasteiger partial charge in [-0.25, -0.2) is 4.98 Å². The van der Waals surface area contributed by atoms with Gasteiger partial charge in [-0.05, 0) is 44.2 Å². The van der Waals surface area contributed by atoms with Crippen molar-refractivity contribution >= 4 is 23.7 Å². The third-order valence-electron chi connectivity index (χ3n) is 3.29. The van der Waals surface area contributed by atoms with Crippen LogP contribution in [-0.4, -0.2) is 16.5 Å². The van der Waals surface area contributed by atoms with E-state index in [0.717, 1.165) is 36.7 Å². The third-order valence-corrected chi connectivity index (χ3v) is 3.48. The molecule has 19 heavy (non-hydrogen) atoms. The molecule has 1 aliphatic heterocycles. The molecule has 0 saturated heterocycles. The van der Waals surface area contributed by atoms with Gasteiger partial charge in [0.2, 0.25) is 0 Å². The predicted octanol–water partition coefficient (Wildman–Crippen LogP) is 2.84. The number of hydrogen-bond donors (Lipinski definition) is 3. The monoisotopic (exact) mass is 272 g/mol. The van der Waals surface area contributed by atoms with E-state index in [1.54, 1.807) is 0 Å². The quantitative estimate of drug-likeness (QED) is 0.736. The lowest BCUT2D eigenvalue weighted by molar-refractivity contribution is 0.623. The van der Waals surface area contributed by atoms with E-state index in [2.05, 4.69) is 51.8 Å². The Morgan fingerprint density at radius 1 is 1.26 bits per heavy atom. The molecule has 0 unspecified atom stereocenters. The van der Waals surface area contributed by atoms with Crippen LogP contribution in [0.25, 0.3) is 0 Å². The van der Waals surface area contributed by atoms with Crippen LogP contribution in [0.3, 0.4) is 0 Å². The summed E-state index contributed by atoms with van der Waals surface area (Å²) in [6.07, 6.45) is 0.961. The molecule has 2 heterocycles. The molecule has 3 rings (SSSR count). The molecule has 5 heteroatoms. The van der Waals surface area contributed by atoms with Gasteiger partial charge in [-0.15, -0.1) is 0 Å². The van der Waals surface area contributed by atoms with Crippen molar-refractivity contribution in [3.05, 3.63) is 45.9 Å². The minimum atomic E-state index is 0.525. The average molecular weight is 272 g/mol. The molecular weight excluding hydrogens is 256 g/mol. The number of rotatable bonds is 2. The smallest absolute Gasteiger partial charge is 0.199 e. The summed E-state index contributed by atoms with van der Waals surface area (Å²) in [6, 6.07) is 8.29. The van der Waals surface area contributed by atoms with Crippen LogP contribution >= 0.6 is 12.2 Å². The highest BCUT2D eigenvalue weighted by Gasteiger charge is 2.14. The number of anilines is 2. The van der Waals surface area contributed by atoms with E-state index >= 15 is 0 Å². The van der Waals surface area contributed by atoms with Gasteiger partial charge in [-0.3, -0.25) is 0 Å². The van der Waals surface area contributed by atoms with Crippen molar-refractivity contribution in [3.8, 4) is 0 Å². The lowest BCUT2D eigenvalue weighted by Gasteiger charge is -2.20. The number of H-pyrrole nitrogens is 1. The molecule has 1 aromatic carbocycles. The highest BCUT2D eigenvalue weighted by Crippen LogP contribution is 2.23. The Morgan fingerprint density at radius 3 is 2.84 bits per heavy atom. The minimum absolute atomic E-state index is 0.525. The largest absolute Gasteiger partial charge is 0.340 e. The molecular formula is C14H16N4S. The second-order valence-corrected chi connectivity index (χ2v) is 5.15. The van der Waals surface area contributed by atoms with Gasteiger partial charge in [0.05, 0.1) is 0 Å². The van der Waals surface area contributed by atoms with Gasteiger partial charge in [0, 0.05) is 23.5 Å². The summed E-state index contributed by atoms with van der Waals surface area (Å²) >= 11 is 5.19. The van der Waals surface area contributed by atoms with Crippen LogP contribution in [0.4, 0.5) is 11.5 Å². The Morgan fingerprint density at radius 2 is 2.05 bits per heavy atom. The zero-order valence-corrected chi connectivity index (χ0v) is 11.6. The van der Waals surface area contributed by atoms with Gasteiger partial charge in [-0.1, -0.05) is 17.7 Å². The summed E-state index contributed by atoms with van der Waals surface area (Å²) in [5.74, 6) is 0.879. The molecule has 0 saturated carbocycles. The molecule has 0 spiro atoms. The lowest BCUT2D eigenvalue weighted by atomic mass is 10.1. The maximum Gasteiger partial charge on any atom is 0.199 e. The Kier molecular flexibility index (Phi) is 3.31. The standard InChI is InChI=1S/C14H16N4S/c1-9-2-4-10(5-3-9)16-13-11-6-7-15-8-12(11)17-14(19)18-13/h2-5,15H,6-8H2,1H3,(H2,16,17,18,19). The fraction of sp³-hybridized carbons (Fsp3) is 0.286. The van der Waals surface area contributed by atoms with Gasteiger partial charge in [0.15, 0.2) is 4.77 Å². The Bertz CT molecular complexity index is 645. The highest BCUT2D eigenvalue weighted by atomic mass is 32.1. The van der Waals surface area contributed by atoms with Gasteiger partial charge >= 0.3 is 0 Å². The van der Waals surface area contributed by atoms with E-state index in [1.165, 1.54) is 11.1 Å². The first-order valence-corrected chi connectivity index (χ1v) is 6.80. The van der Waals surface area contributed by atoms with Crippen molar-refractivity contribution in [3.63, 3.8) is 0 Å². The summed E-state index contributed by atoms with van der Waals surface area (Å²) in [6.45, 7) is 3.88. The van der Waals surface area contributed by atoms with Gasteiger partial charge in [0.25, 0.3) is 0 Å². The maximum absolute atomic E-state index is 5.19. The molecule has 4 nitrogen and oxygen atoms in total. The lowest BCUT2D eigenvalue weighted by Crippen LogP contribution is -2.26. The molecule has 0 aliphatic carbocycles. The van der Waals surface area contributed by atoms with E-state index in [-0.39, 0.29) is 0 Å². The molecule has 3 N–H and O–H groups in total. The molecule has 1 aromatic heterocycles. The van der Waals surface area contributed by atoms with Crippen LogP contribution < -0.4 is 10.6 Å². The SMILES string of the molecule is Cc1ccc(Nc2nc(=S)[nH]c3c2CCNC3)cc1. The molecule has 98 valence electrons. The molecule has 1 aliphatic rings. The Hall–Kier alpha value is -1.72. The van der Waals surface area contributed by atoms with Crippen molar-refractivity contribution in [2.75, 3.05) is 11.9 Å². The third kappa shape index (κ3) is 2.67. The molecule has 0 bridgehead atoms. The van der Waals surface area contributed by atoms with Crippen LogP contribution in [0, 0.1) is 11.7 Å². The molecule has 2 aromatic rings. The van der Waals surface area contributed by atoms with Crippen LogP contribution in [0.1, 0.15) is 16.8 Å². The number of aryl methyl sites for hydroxylation is 1. The van der Waals surface area contributed by atoms with Crippen LogP contribution in [0.15, 0.2) is 24.3 Å². The summed E-state index contributed by atoms with van der Waals surface area (Å²) < 4.78 is 0.525. The molecule has 0 radical (unpaired) electrons. The van der Waals surface area contributed by atoms with E-state index < -0.39 is 0 Å². The number of fused-ring (bicyclic) bond motifs is 1. The molecule has 0 amide bonds. The van der Waals surface area contributed by atoms with E-state index in [0.29, 0.717) is 4.77 Å². The van der Waals surface area contributed by atoms with Crippen LogP contribution in [-0.2, 0) is 13.0 Å². The summed E-state index contributed by atoms with van der Waals surface area (Å²) in [7, 11) is 0. The number of nitrogens with one attached hydrogen (secondary N) is 3. The van der Waals surface area contributed by atoms with Crippen molar-refractivity contribution < 1.29 is 0 Å². The van der Waals surface area contributed by atoms with Gasteiger partial charge in [0.1, 0.15) is 5.82 Å². The summed E-state index contributed by atoms with van der Waals surface area (Å²) in [5, 5.41) is 6.71. The summed E-state index contributed by atoms with van der Waals surface area (Å²) in [5.41, 5.74) is 4.66. The fourth-order valence-corrected chi connectivity index (χ4v) is 2.48. The van der Waals surface area contributed by atoms with E-state index in [9.17, 15) is 0 Å². The zero-order valence-electron chi connectivity index (χ0n) is 10.8. The predicted molar refractivity (Wildman–Crippen MR) is 79.3 cm³/mol. The fourth-order valence-electron chi connectivity index (χ4n) is 2.27. The Labute approximate surface area is 117 Å². The number of aromatic amines is 1. The zero-order chi connectivity index (χ0) is 13.2. The second kappa shape index (κ2) is 5.11. The van der Waals surface area contributed by atoms with E-state index in [4.69, 9.17) is 12.2 Å². The maximum atomic E-state index is 5.19. The number of aromatic nitrogens is 2.